The van der Waals surface area contributed by atoms with E-state index in [0.29, 0.717) is 0 Å². The summed E-state index contributed by atoms with van der Waals surface area (Å²) in [5.74, 6) is -0.349. The fourth-order valence-corrected chi connectivity index (χ4v) is 4.39. The molecule has 1 aliphatic heterocycles. The van der Waals surface area contributed by atoms with Crippen molar-refractivity contribution >= 4 is 21.2 Å². The number of rotatable bonds is 2. The van der Waals surface area contributed by atoms with Gasteiger partial charge in [-0.3, -0.25) is 4.79 Å². The van der Waals surface area contributed by atoms with Crippen LogP contribution in [0.5, 0.6) is 0 Å². The standard InChI is InChI=1S/C25H18O3S/c26-24-15-13-21(19-8-3-1-4-9-19)12-7-17-29(27,28)25-16-14-22(18-23(24)25)20-10-5-2-6-11-20/h1-18H/b15-13+,17-7+,21-12+. The zero-order chi connectivity index (χ0) is 20.3. The molecule has 0 bridgehead atoms. The first-order valence-corrected chi connectivity index (χ1v) is 10.7. The molecule has 0 saturated carbocycles. The molecule has 0 radical (unpaired) electrons. The van der Waals surface area contributed by atoms with Gasteiger partial charge in [-0.1, -0.05) is 78.9 Å². The molecule has 1 heterocycles. The SMILES string of the molecule is O=C1/C=C/C(c2ccccc2)=C\C=C\S(=O)(=O)c2ccc(-c3ccccc3)cc21. The van der Waals surface area contributed by atoms with Crippen LogP contribution >= 0.6 is 0 Å². The van der Waals surface area contributed by atoms with Crippen molar-refractivity contribution in [2.75, 3.05) is 0 Å². The van der Waals surface area contributed by atoms with E-state index < -0.39 is 9.84 Å². The lowest BCUT2D eigenvalue weighted by Gasteiger charge is -2.10. The molecule has 1 aliphatic rings. The summed E-state index contributed by atoms with van der Waals surface area (Å²) < 4.78 is 25.7. The summed E-state index contributed by atoms with van der Waals surface area (Å²) in [4.78, 5) is 13.0. The van der Waals surface area contributed by atoms with Crippen molar-refractivity contribution in [2.24, 2.45) is 0 Å². The maximum Gasteiger partial charge on any atom is 0.200 e. The number of benzene rings is 3. The minimum Gasteiger partial charge on any atom is -0.289 e. The van der Waals surface area contributed by atoms with Gasteiger partial charge in [0.25, 0.3) is 0 Å². The highest BCUT2D eigenvalue weighted by atomic mass is 32.2. The van der Waals surface area contributed by atoms with E-state index in [-0.39, 0.29) is 16.2 Å². The fraction of sp³-hybridized carbons (Fsp3) is 0. The Kier molecular flexibility index (Phi) is 5.10. The van der Waals surface area contributed by atoms with E-state index in [1.54, 1.807) is 24.3 Å². The highest BCUT2D eigenvalue weighted by Crippen LogP contribution is 2.28. The molecule has 4 heteroatoms. The lowest BCUT2D eigenvalue weighted by molar-refractivity contribution is 0.104. The Morgan fingerprint density at radius 3 is 2.00 bits per heavy atom. The van der Waals surface area contributed by atoms with E-state index in [9.17, 15) is 13.2 Å². The van der Waals surface area contributed by atoms with Crippen molar-refractivity contribution in [3.05, 3.63) is 120 Å². The van der Waals surface area contributed by atoms with Gasteiger partial charge >= 0.3 is 0 Å². The summed E-state index contributed by atoms with van der Waals surface area (Å²) in [7, 11) is -3.76. The molecule has 142 valence electrons. The van der Waals surface area contributed by atoms with E-state index in [1.165, 1.54) is 18.2 Å². The monoisotopic (exact) mass is 398 g/mol. The molecule has 29 heavy (non-hydrogen) atoms. The predicted octanol–water partition coefficient (Wildman–Crippen LogP) is 5.48. The molecule has 3 aromatic carbocycles. The molecule has 0 saturated heterocycles. The van der Waals surface area contributed by atoms with Gasteiger partial charge in [0.05, 0.1) is 4.90 Å². The number of allylic oxidation sites excluding steroid dienone is 5. The van der Waals surface area contributed by atoms with Crippen LogP contribution in [0.1, 0.15) is 15.9 Å². The smallest absolute Gasteiger partial charge is 0.200 e. The van der Waals surface area contributed by atoms with Gasteiger partial charge in [0.1, 0.15) is 0 Å². The second-order valence-corrected chi connectivity index (χ2v) is 8.44. The average Bonchev–Trinajstić information content (AvgIpc) is 2.76. The molecule has 0 aromatic heterocycles. The van der Waals surface area contributed by atoms with Gasteiger partial charge in [-0.2, -0.15) is 0 Å². The molecule has 0 amide bonds. The van der Waals surface area contributed by atoms with Crippen molar-refractivity contribution in [3.63, 3.8) is 0 Å². The number of carbonyl (C=O) groups excluding carboxylic acids is 1. The van der Waals surface area contributed by atoms with Gasteiger partial charge in [0, 0.05) is 11.0 Å². The molecular formula is C25H18O3S. The van der Waals surface area contributed by atoms with Crippen LogP contribution in [-0.4, -0.2) is 14.2 Å². The Hall–Kier alpha value is -3.50. The Morgan fingerprint density at radius 2 is 1.31 bits per heavy atom. The average molecular weight is 398 g/mol. The van der Waals surface area contributed by atoms with Gasteiger partial charge in [0.2, 0.25) is 9.84 Å². The first-order chi connectivity index (χ1) is 14.0. The van der Waals surface area contributed by atoms with Gasteiger partial charge in [-0.05, 0) is 46.5 Å². The minimum absolute atomic E-state index is 0.0136. The fourth-order valence-electron chi connectivity index (χ4n) is 3.23. The molecule has 0 fully saturated rings. The molecule has 0 spiro atoms. The van der Waals surface area contributed by atoms with Crippen LogP contribution in [0.25, 0.3) is 16.7 Å². The molecule has 3 aromatic rings. The summed E-state index contributed by atoms with van der Waals surface area (Å²) in [6.07, 6.45) is 6.35. The zero-order valence-electron chi connectivity index (χ0n) is 15.5. The van der Waals surface area contributed by atoms with Crippen LogP contribution in [0.4, 0.5) is 0 Å². The van der Waals surface area contributed by atoms with Crippen LogP contribution in [0, 0.1) is 0 Å². The van der Waals surface area contributed by atoms with Crippen molar-refractivity contribution in [1.29, 1.82) is 0 Å². The molecule has 0 atom stereocenters. The third kappa shape index (κ3) is 4.03. The number of sulfone groups is 1. The van der Waals surface area contributed by atoms with Gasteiger partial charge in [-0.15, -0.1) is 0 Å². The van der Waals surface area contributed by atoms with Crippen LogP contribution in [-0.2, 0) is 9.84 Å². The lowest BCUT2D eigenvalue weighted by atomic mass is 10.00. The van der Waals surface area contributed by atoms with Gasteiger partial charge < -0.3 is 0 Å². The highest BCUT2D eigenvalue weighted by molar-refractivity contribution is 7.94. The summed E-state index contributed by atoms with van der Waals surface area (Å²) in [6.45, 7) is 0. The number of hydrogen-bond acceptors (Lipinski definition) is 3. The Balaban J connectivity index is 1.85. The third-order valence-electron chi connectivity index (χ3n) is 4.71. The van der Waals surface area contributed by atoms with E-state index in [0.717, 1.165) is 27.7 Å². The first kappa shape index (κ1) is 18.8. The maximum atomic E-state index is 13.0. The summed E-state index contributed by atoms with van der Waals surface area (Å²) in [5, 5.41) is 1.14. The maximum absolute atomic E-state index is 13.0. The second-order valence-electron chi connectivity index (χ2n) is 6.64. The van der Waals surface area contributed by atoms with Crippen LogP contribution in [0.3, 0.4) is 0 Å². The van der Waals surface area contributed by atoms with Crippen molar-refractivity contribution in [1.82, 2.24) is 0 Å². The second kappa shape index (κ2) is 7.86. The third-order valence-corrected chi connectivity index (χ3v) is 6.20. The Bertz CT molecular complexity index is 1250. The minimum atomic E-state index is -3.76. The van der Waals surface area contributed by atoms with Crippen molar-refractivity contribution in [2.45, 2.75) is 4.90 Å². The quantitative estimate of drug-likeness (QED) is 0.575. The summed E-state index contributed by atoms with van der Waals surface area (Å²) in [6, 6.07) is 24.0. The molecular weight excluding hydrogens is 380 g/mol. The molecule has 0 aliphatic carbocycles. The topological polar surface area (TPSA) is 51.2 Å². The molecule has 0 N–H and O–H groups in total. The molecule has 3 nitrogen and oxygen atoms in total. The number of carbonyl (C=O) groups is 1. The van der Waals surface area contributed by atoms with E-state index in [4.69, 9.17) is 0 Å². The van der Waals surface area contributed by atoms with Crippen LogP contribution in [0.2, 0.25) is 0 Å². The normalized spacial score (nSPS) is 19.4. The van der Waals surface area contributed by atoms with Crippen molar-refractivity contribution in [3.8, 4) is 11.1 Å². The van der Waals surface area contributed by atoms with Crippen LogP contribution in [0.15, 0.2) is 113 Å². The van der Waals surface area contributed by atoms with E-state index in [2.05, 4.69) is 0 Å². The predicted molar refractivity (Wildman–Crippen MR) is 116 cm³/mol. The van der Waals surface area contributed by atoms with Gasteiger partial charge in [0.15, 0.2) is 5.78 Å². The lowest BCUT2D eigenvalue weighted by Crippen LogP contribution is -2.07. The largest absolute Gasteiger partial charge is 0.289 e. The molecule has 0 unspecified atom stereocenters. The van der Waals surface area contributed by atoms with Crippen LogP contribution < -0.4 is 0 Å². The number of fused-ring (bicyclic) bond motifs is 1. The number of ketones is 1. The van der Waals surface area contributed by atoms with Gasteiger partial charge in [-0.25, -0.2) is 8.42 Å². The zero-order valence-corrected chi connectivity index (χ0v) is 16.3. The molecule has 4 rings (SSSR count). The highest BCUT2D eigenvalue weighted by Gasteiger charge is 2.20. The Labute approximate surface area is 170 Å². The number of hydrogen-bond donors (Lipinski definition) is 0. The summed E-state index contributed by atoms with van der Waals surface area (Å²) in [5.41, 5.74) is 3.54. The summed E-state index contributed by atoms with van der Waals surface area (Å²) >= 11 is 0. The van der Waals surface area contributed by atoms with Crippen molar-refractivity contribution < 1.29 is 13.2 Å². The van der Waals surface area contributed by atoms with E-state index in [1.807, 2.05) is 60.7 Å². The Morgan fingerprint density at radius 1 is 0.655 bits per heavy atom. The first-order valence-electron chi connectivity index (χ1n) is 9.15. The van der Waals surface area contributed by atoms with E-state index >= 15 is 0 Å².